The molecule has 1 aliphatic rings. The van der Waals surface area contributed by atoms with E-state index in [9.17, 15) is 4.79 Å². The SMILES string of the molecule is CCCCNC(=O)c1cc(N2CCc3cc(OC)c(OC)cc3C2)ccn1. The number of unbranched alkanes of at least 4 members (excludes halogenated alkanes) is 1. The largest absolute Gasteiger partial charge is 0.493 e. The van der Waals surface area contributed by atoms with Crippen LogP contribution in [0.25, 0.3) is 0 Å². The maximum Gasteiger partial charge on any atom is 0.269 e. The Morgan fingerprint density at radius 3 is 2.63 bits per heavy atom. The number of nitrogens with one attached hydrogen (secondary N) is 1. The van der Waals surface area contributed by atoms with Crippen LogP contribution in [-0.4, -0.2) is 38.2 Å². The van der Waals surface area contributed by atoms with Crippen LogP contribution < -0.4 is 19.7 Å². The van der Waals surface area contributed by atoms with Crippen LogP contribution in [-0.2, 0) is 13.0 Å². The highest BCUT2D eigenvalue weighted by molar-refractivity contribution is 5.93. The van der Waals surface area contributed by atoms with Crippen molar-refractivity contribution < 1.29 is 14.3 Å². The number of nitrogens with zero attached hydrogens (tertiary/aromatic N) is 2. The standard InChI is InChI=1S/C21H27N3O3/c1-4-5-8-23-21(25)18-13-17(6-9-22-18)24-10-7-15-11-19(26-2)20(27-3)12-16(15)14-24/h6,9,11-13H,4-5,7-8,10,14H2,1-3H3,(H,23,25). The van der Waals surface area contributed by atoms with Crippen molar-refractivity contribution in [1.29, 1.82) is 0 Å². The molecule has 0 fully saturated rings. The first kappa shape index (κ1) is 19.0. The number of hydrogen-bond donors (Lipinski definition) is 1. The minimum Gasteiger partial charge on any atom is -0.493 e. The molecular weight excluding hydrogens is 342 g/mol. The van der Waals surface area contributed by atoms with Crippen molar-refractivity contribution in [1.82, 2.24) is 10.3 Å². The summed E-state index contributed by atoms with van der Waals surface area (Å²) in [4.78, 5) is 18.8. The molecule has 0 spiro atoms. The summed E-state index contributed by atoms with van der Waals surface area (Å²) in [5.74, 6) is 1.39. The van der Waals surface area contributed by atoms with Gasteiger partial charge in [0.2, 0.25) is 0 Å². The molecule has 0 saturated carbocycles. The van der Waals surface area contributed by atoms with Gasteiger partial charge < -0.3 is 19.7 Å². The molecule has 0 unspecified atom stereocenters. The molecule has 0 bridgehead atoms. The first-order valence-electron chi connectivity index (χ1n) is 9.39. The molecule has 1 aliphatic heterocycles. The molecule has 1 N–H and O–H groups in total. The number of carbonyl (C=O) groups excluding carboxylic acids is 1. The zero-order valence-corrected chi connectivity index (χ0v) is 16.2. The van der Waals surface area contributed by atoms with Crippen LogP contribution in [0.2, 0.25) is 0 Å². The number of fused-ring (bicyclic) bond motifs is 1. The molecule has 1 aromatic heterocycles. The van der Waals surface area contributed by atoms with E-state index in [1.165, 1.54) is 11.1 Å². The third kappa shape index (κ3) is 4.32. The van der Waals surface area contributed by atoms with E-state index in [1.54, 1.807) is 20.4 Å². The lowest BCUT2D eigenvalue weighted by Gasteiger charge is -2.31. The zero-order chi connectivity index (χ0) is 19.2. The van der Waals surface area contributed by atoms with Gasteiger partial charge in [0.25, 0.3) is 5.91 Å². The topological polar surface area (TPSA) is 63.7 Å². The molecule has 6 nitrogen and oxygen atoms in total. The van der Waals surface area contributed by atoms with Gasteiger partial charge in [-0.05, 0) is 48.2 Å². The Morgan fingerprint density at radius 2 is 1.93 bits per heavy atom. The number of hydrogen-bond acceptors (Lipinski definition) is 5. The third-order valence-corrected chi connectivity index (χ3v) is 4.88. The number of benzene rings is 1. The van der Waals surface area contributed by atoms with Crippen molar-refractivity contribution in [3.05, 3.63) is 47.3 Å². The summed E-state index contributed by atoms with van der Waals surface area (Å²) < 4.78 is 10.8. The number of anilines is 1. The molecule has 0 saturated heterocycles. The van der Waals surface area contributed by atoms with Gasteiger partial charge in [-0.3, -0.25) is 9.78 Å². The molecule has 1 amide bonds. The zero-order valence-electron chi connectivity index (χ0n) is 16.2. The van der Waals surface area contributed by atoms with Crippen LogP contribution in [0.4, 0.5) is 5.69 Å². The average Bonchev–Trinajstić information content (AvgIpc) is 2.72. The number of ether oxygens (including phenoxy) is 2. The van der Waals surface area contributed by atoms with Crippen molar-refractivity contribution in [3.8, 4) is 11.5 Å². The molecule has 0 atom stereocenters. The van der Waals surface area contributed by atoms with E-state index in [0.717, 1.165) is 49.5 Å². The van der Waals surface area contributed by atoms with Crippen LogP contribution in [0.5, 0.6) is 11.5 Å². The summed E-state index contributed by atoms with van der Waals surface area (Å²) in [5.41, 5.74) is 3.95. The van der Waals surface area contributed by atoms with Gasteiger partial charge in [0.1, 0.15) is 5.69 Å². The normalized spacial score (nSPS) is 13.1. The van der Waals surface area contributed by atoms with E-state index in [2.05, 4.69) is 28.2 Å². The predicted molar refractivity (Wildman–Crippen MR) is 106 cm³/mol. The third-order valence-electron chi connectivity index (χ3n) is 4.88. The van der Waals surface area contributed by atoms with Crippen LogP contribution in [0.3, 0.4) is 0 Å². The fourth-order valence-corrected chi connectivity index (χ4v) is 3.31. The molecule has 144 valence electrons. The highest BCUT2D eigenvalue weighted by Crippen LogP contribution is 2.34. The predicted octanol–water partition coefficient (Wildman–Crippen LogP) is 3.19. The first-order chi connectivity index (χ1) is 13.2. The Labute approximate surface area is 160 Å². The maximum absolute atomic E-state index is 12.3. The van der Waals surface area contributed by atoms with Gasteiger partial charge in [0, 0.05) is 31.5 Å². The van der Waals surface area contributed by atoms with Crippen LogP contribution in [0.1, 0.15) is 41.4 Å². The number of rotatable bonds is 7. The first-order valence-corrected chi connectivity index (χ1v) is 9.39. The van der Waals surface area contributed by atoms with E-state index in [4.69, 9.17) is 9.47 Å². The molecule has 27 heavy (non-hydrogen) atoms. The molecule has 1 aromatic carbocycles. The number of carbonyl (C=O) groups is 1. The molecule has 3 rings (SSSR count). The monoisotopic (exact) mass is 369 g/mol. The van der Waals surface area contributed by atoms with Crippen molar-refractivity contribution in [2.75, 3.05) is 32.2 Å². The van der Waals surface area contributed by atoms with Crippen molar-refractivity contribution in [2.24, 2.45) is 0 Å². The lowest BCUT2D eigenvalue weighted by molar-refractivity contribution is 0.0948. The number of amides is 1. The van der Waals surface area contributed by atoms with E-state index in [1.807, 2.05) is 18.2 Å². The summed E-state index contributed by atoms with van der Waals surface area (Å²) >= 11 is 0. The Hall–Kier alpha value is -2.76. The van der Waals surface area contributed by atoms with E-state index >= 15 is 0 Å². The second-order valence-electron chi connectivity index (χ2n) is 6.66. The number of pyridine rings is 1. The van der Waals surface area contributed by atoms with Crippen molar-refractivity contribution in [2.45, 2.75) is 32.7 Å². The highest BCUT2D eigenvalue weighted by atomic mass is 16.5. The van der Waals surface area contributed by atoms with E-state index in [0.29, 0.717) is 12.2 Å². The molecule has 2 aromatic rings. The fourth-order valence-electron chi connectivity index (χ4n) is 3.31. The Bertz CT molecular complexity index is 807. The minimum absolute atomic E-state index is 0.117. The van der Waals surface area contributed by atoms with Crippen molar-refractivity contribution in [3.63, 3.8) is 0 Å². The summed E-state index contributed by atoms with van der Waals surface area (Å²) in [7, 11) is 3.31. The van der Waals surface area contributed by atoms with Crippen LogP contribution in [0, 0.1) is 0 Å². The van der Waals surface area contributed by atoms with Gasteiger partial charge in [-0.2, -0.15) is 0 Å². The highest BCUT2D eigenvalue weighted by Gasteiger charge is 2.20. The summed E-state index contributed by atoms with van der Waals surface area (Å²) in [5, 5.41) is 2.92. The molecule has 2 heterocycles. The van der Waals surface area contributed by atoms with Gasteiger partial charge in [-0.1, -0.05) is 13.3 Å². The molecule has 0 aliphatic carbocycles. The summed E-state index contributed by atoms with van der Waals surface area (Å²) in [6.45, 7) is 4.42. The quantitative estimate of drug-likeness (QED) is 0.760. The van der Waals surface area contributed by atoms with E-state index < -0.39 is 0 Å². The van der Waals surface area contributed by atoms with Gasteiger partial charge in [0.05, 0.1) is 14.2 Å². The van der Waals surface area contributed by atoms with Crippen LogP contribution in [0.15, 0.2) is 30.5 Å². The molecule has 0 radical (unpaired) electrons. The molecular formula is C21H27N3O3. The Morgan fingerprint density at radius 1 is 1.19 bits per heavy atom. The van der Waals surface area contributed by atoms with Crippen molar-refractivity contribution >= 4 is 11.6 Å². The Kier molecular flexibility index (Phi) is 6.16. The second kappa shape index (κ2) is 8.75. The number of methoxy groups -OCH3 is 2. The maximum atomic E-state index is 12.3. The van der Waals surface area contributed by atoms with Gasteiger partial charge in [-0.25, -0.2) is 0 Å². The molecule has 6 heteroatoms. The average molecular weight is 369 g/mol. The second-order valence-corrected chi connectivity index (χ2v) is 6.66. The fraction of sp³-hybridized carbons (Fsp3) is 0.429. The minimum atomic E-state index is -0.117. The Balaban J connectivity index is 1.77. The van der Waals surface area contributed by atoms with Gasteiger partial charge in [0.15, 0.2) is 11.5 Å². The van der Waals surface area contributed by atoms with Crippen LogP contribution >= 0.6 is 0 Å². The van der Waals surface area contributed by atoms with E-state index in [-0.39, 0.29) is 5.91 Å². The summed E-state index contributed by atoms with van der Waals surface area (Å²) in [6.07, 6.45) is 4.64. The lowest BCUT2D eigenvalue weighted by atomic mass is 9.98. The number of aromatic nitrogens is 1. The van der Waals surface area contributed by atoms with Gasteiger partial charge >= 0.3 is 0 Å². The smallest absolute Gasteiger partial charge is 0.269 e. The van der Waals surface area contributed by atoms with Gasteiger partial charge in [-0.15, -0.1) is 0 Å². The summed E-state index contributed by atoms with van der Waals surface area (Å²) in [6, 6.07) is 7.92. The lowest BCUT2D eigenvalue weighted by Crippen LogP contribution is -2.31.